The van der Waals surface area contributed by atoms with Crippen LogP contribution < -0.4 is 29.9 Å². The second-order valence-corrected chi connectivity index (χ2v) is 19.7. The summed E-state index contributed by atoms with van der Waals surface area (Å²) in [6, 6.07) is 10.0. The number of piperazine rings is 1. The van der Waals surface area contributed by atoms with Crippen LogP contribution >= 0.6 is 11.6 Å². The number of ether oxygens (including phenoxy) is 4. The number of pyridine rings is 1. The number of hydrogen-bond acceptors (Lipinski definition) is 14. The van der Waals surface area contributed by atoms with Crippen LogP contribution in [0.2, 0.25) is 5.02 Å². The molecule has 1 atom stereocenters. The Morgan fingerprint density at radius 1 is 0.912 bits per heavy atom. The molecule has 1 aliphatic carbocycles. The van der Waals surface area contributed by atoms with Crippen molar-refractivity contribution in [3.05, 3.63) is 75.7 Å². The summed E-state index contributed by atoms with van der Waals surface area (Å²) in [4.78, 5) is 77.0. The van der Waals surface area contributed by atoms with Gasteiger partial charge in [-0.3, -0.25) is 39.1 Å². The molecule has 1 aromatic heterocycles. The van der Waals surface area contributed by atoms with Crippen molar-refractivity contribution in [3.63, 3.8) is 0 Å². The number of benzene rings is 2. The van der Waals surface area contributed by atoms with Crippen LogP contribution in [-0.2, 0) is 19.1 Å². The molecule has 0 radical (unpaired) electrons. The first-order valence-electron chi connectivity index (χ1n) is 23.2. The Morgan fingerprint density at radius 3 is 2.26 bits per heavy atom. The lowest BCUT2D eigenvalue weighted by Gasteiger charge is -2.63. The highest BCUT2D eigenvalue weighted by molar-refractivity contribution is 6.31. The summed E-state index contributed by atoms with van der Waals surface area (Å²) in [5.74, 6) is -1.43. The number of nitrogens with one attached hydrogen (secondary N) is 2. The number of piperidine rings is 2. The van der Waals surface area contributed by atoms with E-state index in [1.54, 1.807) is 31.5 Å². The monoisotopic (exact) mass is 956 g/mol. The molecule has 3 aromatic rings. The summed E-state index contributed by atoms with van der Waals surface area (Å²) in [6.45, 7) is 14.4. The first kappa shape index (κ1) is 48.6. The van der Waals surface area contributed by atoms with Crippen LogP contribution in [0.3, 0.4) is 0 Å². The van der Waals surface area contributed by atoms with Crippen molar-refractivity contribution < 1.29 is 47.3 Å². The number of amides is 5. The second kappa shape index (κ2) is 20.0. The lowest BCUT2D eigenvalue weighted by atomic mass is 9.49. The standard InChI is InChI=1S/C49H58ClFN8O9/c1-48(2)46(49(3,4)47(48)68-31-7-6-30(26-52)35(50)22-31)55-42(61)34-27-53-40(25-39(34)67-21-20-66-19-18-65-5)58-12-10-29(11-13-58)28-56-14-16-57(17-15-56)38-24-33-32(23-36(38)51)44(63)59(45(33)64)37-8-9-41(60)54-43(37)62/h6-7,22-25,27,29,37,46-47H,8-21,28H2,1-5H3,(H,55,61)(H,54,60,62)/t37?,46-,47-. The van der Waals surface area contributed by atoms with Crippen LogP contribution in [0.25, 0.3) is 0 Å². The van der Waals surface area contributed by atoms with Gasteiger partial charge in [-0.2, -0.15) is 5.26 Å². The summed E-state index contributed by atoms with van der Waals surface area (Å²) < 4.78 is 39.0. The van der Waals surface area contributed by atoms with E-state index in [0.717, 1.165) is 43.4 Å². The van der Waals surface area contributed by atoms with E-state index in [1.807, 2.05) is 38.7 Å². The van der Waals surface area contributed by atoms with Crippen molar-refractivity contribution in [2.75, 3.05) is 89.2 Å². The molecule has 2 aromatic carbocycles. The Bertz CT molecular complexity index is 2490. The molecule has 17 nitrogen and oxygen atoms in total. The van der Waals surface area contributed by atoms with Gasteiger partial charge in [0.05, 0.1) is 52.8 Å². The highest BCUT2D eigenvalue weighted by Gasteiger charge is 2.64. The summed E-state index contributed by atoms with van der Waals surface area (Å²) >= 11 is 6.30. The van der Waals surface area contributed by atoms with Crippen LogP contribution in [0.1, 0.15) is 90.0 Å². The summed E-state index contributed by atoms with van der Waals surface area (Å²) in [7, 11) is 1.61. The number of rotatable bonds is 16. The Hall–Kier alpha value is -5.87. The number of carbonyl (C=O) groups excluding carboxylic acids is 5. The van der Waals surface area contributed by atoms with E-state index in [-0.39, 0.29) is 54.3 Å². The molecule has 68 heavy (non-hydrogen) atoms. The van der Waals surface area contributed by atoms with E-state index in [0.29, 0.717) is 85.4 Å². The van der Waals surface area contributed by atoms with Gasteiger partial charge in [-0.1, -0.05) is 39.3 Å². The molecule has 4 fully saturated rings. The average Bonchev–Trinajstić information content (AvgIpc) is 3.55. The number of fused-ring (bicyclic) bond motifs is 1. The molecular formula is C49H58ClFN8O9. The molecule has 8 rings (SSSR count). The number of anilines is 2. The summed E-state index contributed by atoms with van der Waals surface area (Å²) in [6.07, 6.45) is 3.16. The van der Waals surface area contributed by atoms with Crippen molar-refractivity contribution in [2.45, 2.75) is 71.6 Å². The van der Waals surface area contributed by atoms with Crippen LogP contribution in [0.5, 0.6) is 11.5 Å². The van der Waals surface area contributed by atoms with Crippen molar-refractivity contribution in [1.82, 2.24) is 25.4 Å². The number of carbonyl (C=O) groups is 5. The van der Waals surface area contributed by atoms with Crippen LogP contribution in [0.15, 0.2) is 42.6 Å². The minimum absolute atomic E-state index is 0.00180. The zero-order chi connectivity index (χ0) is 48.5. The zero-order valence-electron chi connectivity index (χ0n) is 39.1. The van der Waals surface area contributed by atoms with Gasteiger partial charge < -0.3 is 34.1 Å². The SMILES string of the molecule is COCCOCCOc1cc(N2CCC(CN3CCN(c4cc5c(cc4F)C(=O)N(C4CCC(=O)NC4=O)C5=O)CC3)CC2)ncc1C(=O)N[C@H]1C(C)(C)[C@H](Oc2ccc(C#N)c(Cl)c2)C1(C)C. The number of methoxy groups -OCH3 is 1. The predicted octanol–water partition coefficient (Wildman–Crippen LogP) is 4.84. The summed E-state index contributed by atoms with van der Waals surface area (Å²) in [5.41, 5.74) is -0.0670. The van der Waals surface area contributed by atoms with Gasteiger partial charge in [-0.25, -0.2) is 9.37 Å². The molecule has 0 spiro atoms. The fraction of sp³-hybridized carbons (Fsp3) is 0.531. The van der Waals surface area contributed by atoms with Gasteiger partial charge >= 0.3 is 0 Å². The van der Waals surface area contributed by atoms with Gasteiger partial charge in [-0.05, 0) is 49.4 Å². The molecule has 19 heteroatoms. The molecule has 362 valence electrons. The zero-order valence-corrected chi connectivity index (χ0v) is 39.8. The highest BCUT2D eigenvalue weighted by Crippen LogP contribution is 2.56. The van der Waals surface area contributed by atoms with Gasteiger partial charge in [0.25, 0.3) is 17.7 Å². The van der Waals surface area contributed by atoms with E-state index in [4.69, 9.17) is 35.5 Å². The second-order valence-electron chi connectivity index (χ2n) is 19.3. The molecule has 5 aliphatic rings. The first-order valence-corrected chi connectivity index (χ1v) is 23.5. The number of imide groups is 2. The largest absolute Gasteiger partial charge is 0.490 e. The number of nitrogens with zero attached hydrogens (tertiary/aromatic N) is 6. The van der Waals surface area contributed by atoms with Crippen molar-refractivity contribution >= 4 is 52.6 Å². The summed E-state index contributed by atoms with van der Waals surface area (Å²) in [5, 5.41) is 15.1. The Kier molecular flexibility index (Phi) is 14.3. The molecule has 5 heterocycles. The topological polar surface area (TPSA) is 196 Å². The molecular weight excluding hydrogens is 899 g/mol. The highest BCUT2D eigenvalue weighted by atomic mass is 35.5. The number of nitriles is 1. The van der Waals surface area contributed by atoms with Gasteiger partial charge in [0.2, 0.25) is 11.8 Å². The van der Waals surface area contributed by atoms with Gasteiger partial charge in [0.15, 0.2) is 0 Å². The van der Waals surface area contributed by atoms with E-state index in [9.17, 15) is 29.2 Å². The maximum Gasteiger partial charge on any atom is 0.262 e. The van der Waals surface area contributed by atoms with Crippen molar-refractivity contribution in [3.8, 4) is 17.6 Å². The third kappa shape index (κ3) is 9.71. The van der Waals surface area contributed by atoms with E-state index in [1.165, 1.54) is 6.07 Å². The molecule has 1 saturated carbocycles. The van der Waals surface area contributed by atoms with Crippen LogP contribution in [-0.4, -0.2) is 142 Å². The molecule has 2 N–H and O–H groups in total. The van der Waals surface area contributed by atoms with E-state index in [2.05, 4.69) is 26.5 Å². The Labute approximate surface area is 400 Å². The van der Waals surface area contributed by atoms with Crippen molar-refractivity contribution in [2.24, 2.45) is 16.7 Å². The predicted molar refractivity (Wildman–Crippen MR) is 248 cm³/mol. The molecule has 5 amide bonds. The van der Waals surface area contributed by atoms with Gasteiger partial charge in [-0.15, -0.1) is 0 Å². The van der Waals surface area contributed by atoms with Crippen LogP contribution in [0, 0.1) is 33.9 Å². The average molecular weight is 958 g/mol. The minimum atomic E-state index is -1.12. The number of halogens is 2. The van der Waals surface area contributed by atoms with Crippen LogP contribution in [0.4, 0.5) is 15.9 Å². The molecule has 0 bridgehead atoms. The van der Waals surface area contributed by atoms with Crippen molar-refractivity contribution in [1.29, 1.82) is 5.26 Å². The van der Waals surface area contributed by atoms with Gasteiger partial charge in [0, 0.05) is 94.5 Å². The third-order valence-corrected chi connectivity index (χ3v) is 14.4. The maximum absolute atomic E-state index is 15.6. The fourth-order valence-electron chi connectivity index (χ4n) is 10.8. The smallest absolute Gasteiger partial charge is 0.262 e. The molecule has 3 saturated heterocycles. The van der Waals surface area contributed by atoms with E-state index >= 15 is 4.39 Å². The lowest BCUT2D eigenvalue weighted by molar-refractivity contribution is -0.164. The third-order valence-electron chi connectivity index (χ3n) is 14.1. The van der Waals surface area contributed by atoms with E-state index < -0.39 is 46.3 Å². The normalized spacial score (nSPS) is 22.6. The number of hydrogen-bond donors (Lipinski definition) is 2. The maximum atomic E-state index is 15.6. The molecule has 4 aliphatic heterocycles. The molecule has 1 unspecified atom stereocenters. The first-order chi connectivity index (χ1) is 32.5. The number of aromatic nitrogens is 1. The quantitative estimate of drug-likeness (QED) is 0.146. The minimum Gasteiger partial charge on any atom is -0.490 e. The Morgan fingerprint density at radius 2 is 1.60 bits per heavy atom. The fourth-order valence-corrected chi connectivity index (χ4v) is 11.0. The van der Waals surface area contributed by atoms with Gasteiger partial charge in [0.1, 0.15) is 48.0 Å². The lowest BCUT2D eigenvalue weighted by Crippen LogP contribution is -2.74. The Balaban J connectivity index is 0.862.